The lowest BCUT2D eigenvalue weighted by atomic mass is 9.96. The number of fused-ring (bicyclic) bond motifs is 2. The summed E-state index contributed by atoms with van der Waals surface area (Å²) >= 11 is 0. The highest BCUT2D eigenvalue weighted by molar-refractivity contribution is 5.92. The predicted molar refractivity (Wildman–Crippen MR) is 102 cm³/mol. The molecule has 0 N–H and O–H groups in total. The molecule has 0 radical (unpaired) electrons. The number of benzene rings is 2. The van der Waals surface area contributed by atoms with E-state index >= 15 is 0 Å². The molecule has 3 aromatic rings. The third-order valence-corrected chi connectivity index (χ3v) is 5.32. The number of aromatic nitrogens is 1. The van der Waals surface area contributed by atoms with Gasteiger partial charge in [0, 0.05) is 36.4 Å². The van der Waals surface area contributed by atoms with Crippen molar-refractivity contribution in [1.82, 2.24) is 4.98 Å². The van der Waals surface area contributed by atoms with Crippen LogP contribution in [0.5, 0.6) is 0 Å². The van der Waals surface area contributed by atoms with Crippen molar-refractivity contribution in [1.29, 1.82) is 0 Å². The first-order valence-electron chi connectivity index (χ1n) is 9.05. The number of amides is 1. The lowest BCUT2D eigenvalue weighted by Crippen LogP contribution is -2.33. The lowest BCUT2D eigenvalue weighted by Gasteiger charge is -2.33. The van der Waals surface area contributed by atoms with E-state index in [1.165, 1.54) is 23.3 Å². The van der Waals surface area contributed by atoms with Crippen molar-refractivity contribution in [2.75, 3.05) is 29.5 Å². The maximum Gasteiger partial charge on any atom is 0.414 e. The van der Waals surface area contributed by atoms with Gasteiger partial charge < -0.3 is 9.64 Å². The molecule has 0 spiro atoms. The molecule has 27 heavy (non-hydrogen) atoms. The molecule has 0 saturated carbocycles. The first-order valence-corrected chi connectivity index (χ1v) is 9.05. The highest BCUT2D eigenvalue weighted by atomic mass is 19.1. The van der Waals surface area contributed by atoms with Crippen LogP contribution >= 0.6 is 0 Å². The molecule has 2 aliphatic rings. The Hall–Kier alpha value is -3.15. The summed E-state index contributed by atoms with van der Waals surface area (Å²) in [5, 5.41) is 0.946. The highest BCUT2D eigenvalue weighted by Crippen LogP contribution is 2.34. The molecular weight excluding hydrogens is 345 g/mol. The number of hydrogen-bond donors (Lipinski definition) is 0. The highest BCUT2D eigenvalue weighted by Gasteiger charge is 2.28. The minimum Gasteiger partial charge on any atom is -0.447 e. The van der Waals surface area contributed by atoms with E-state index in [4.69, 9.17) is 4.74 Å². The molecule has 6 heteroatoms. The van der Waals surface area contributed by atoms with Crippen LogP contribution in [0.25, 0.3) is 10.9 Å². The van der Waals surface area contributed by atoms with Crippen LogP contribution in [0.15, 0.2) is 48.7 Å². The maximum atomic E-state index is 13.5. The van der Waals surface area contributed by atoms with Crippen molar-refractivity contribution in [3.8, 4) is 0 Å². The second kappa shape index (κ2) is 6.23. The summed E-state index contributed by atoms with van der Waals surface area (Å²) in [6, 6.07) is 12.8. The van der Waals surface area contributed by atoms with Gasteiger partial charge in [0.2, 0.25) is 0 Å². The number of rotatable bonds is 2. The van der Waals surface area contributed by atoms with Crippen molar-refractivity contribution >= 4 is 28.4 Å². The molecule has 1 fully saturated rings. The topological polar surface area (TPSA) is 45.7 Å². The van der Waals surface area contributed by atoms with Gasteiger partial charge in [0.1, 0.15) is 12.4 Å². The molecule has 136 valence electrons. The monoisotopic (exact) mass is 363 g/mol. The van der Waals surface area contributed by atoms with Gasteiger partial charge in [0.15, 0.2) is 0 Å². The summed E-state index contributed by atoms with van der Waals surface area (Å²) in [6.07, 6.45) is 2.29. The van der Waals surface area contributed by atoms with Gasteiger partial charge in [-0.1, -0.05) is 12.1 Å². The Morgan fingerprint density at radius 3 is 2.85 bits per heavy atom. The van der Waals surface area contributed by atoms with Gasteiger partial charge >= 0.3 is 6.09 Å². The molecule has 0 bridgehead atoms. The van der Waals surface area contributed by atoms with Crippen molar-refractivity contribution in [3.63, 3.8) is 0 Å². The van der Waals surface area contributed by atoms with E-state index < -0.39 is 0 Å². The number of hydrogen-bond acceptors (Lipinski definition) is 4. The lowest BCUT2D eigenvalue weighted by molar-refractivity contribution is 0.181. The minimum absolute atomic E-state index is 0.270. The standard InChI is InChI=1S/C21H18FN3O2/c22-15-4-5-17-18(12-15)23-8-6-19(17)24-9-7-16-14(13-24)2-1-3-20(16)25-10-11-27-21(25)26/h1-6,8,12H,7,9-11,13H2. The van der Waals surface area contributed by atoms with Crippen LogP contribution in [0.3, 0.4) is 0 Å². The Morgan fingerprint density at radius 2 is 2.00 bits per heavy atom. The van der Waals surface area contributed by atoms with Crippen LogP contribution in [-0.4, -0.2) is 30.8 Å². The van der Waals surface area contributed by atoms with E-state index in [0.29, 0.717) is 18.7 Å². The zero-order chi connectivity index (χ0) is 18.4. The number of pyridine rings is 1. The second-order valence-corrected chi connectivity index (χ2v) is 6.84. The number of carbonyl (C=O) groups is 1. The fourth-order valence-electron chi connectivity index (χ4n) is 4.04. The van der Waals surface area contributed by atoms with E-state index in [2.05, 4.69) is 16.0 Å². The molecule has 1 saturated heterocycles. The van der Waals surface area contributed by atoms with Crippen LogP contribution in [0, 0.1) is 5.82 Å². The van der Waals surface area contributed by atoms with Gasteiger partial charge in [-0.25, -0.2) is 9.18 Å². The quantitative estimate of drug-likeness (QED) is 0.693. The normalized spacial score (nSPS) is 16.6. The summed E-state index contributed by atoms with van der Waals surface area (Å²) in [5.41, 5.74) is 5.07. The van der Waals surface area contributed by atoms with Gasteiger partial charge in [0.05, 0.1) is 17.7 Å². The van der Waals surface area contributed by atoms with E-state index in [-0.39, 0.29) is 11.9 Å². The molecule has 2 aliphatic heterocycles. The third-order valence-electron chi connectivity index (χ3n) is 5.32. The SMILES string of the molecule is O=C1OCCN1c1cccc2c1CCN(c1ccnc3cc(F)ccc13)C2. The zero-order valence-corrected chi connectivity index (χ0v) is 14.7. The van der Waals surface area contributed by atoms with Crippen LogP contribution < -0.4 is 9.80 Å². The first-order chi connectivity index (χ1) is 13.2. The van der Waals surface area contributed by atoms with Crippen molar-refractivity contribution in [2.24, 2.45) is 0 Å². The molecule has 1 aromatic heterocycles. The summed E-state index contributed by atoms with van der Waals surface area (Å²) in [5.74, 6) is -0.279. The molecule has 0 aliphatic carbocycles. The Bertz CT molecular complexity index is 1050. The molecule has 0 atom stereocenters. The summed E-state index contributed by atoms with van der Waals surface area (Å²) in [4.78, 5) is 20.3. The average Bonchev–Trinajstić information content (AvgIpc) is 3.12. The molecular formula is C21H18FN3O2. The van der Waals surface area contributed by atoms with Gasteiger partial charge in [-0.15, -0.1) is 0 Å². The number of ether oxygens (including phenoxy) is 1. The number of carbonyl (C=O) groups excluding carboxylic acids is 1. The number of nitrogens with zero attached hydrogens (tertiary/aromatic N) is 3. The van der Waals surface area contributed by atoms with E-state index in [1.54, 1.807) is 17.2 Å². The van der Waals surface area contributed by atoms with Crippen LogP contribution in [0.4, 0.5) is 20.6 Å². The minimum atomic E-state index is -0.279. The van der Waals surface area contributed by atoms with Gasteiger partial charge in [-0.3, -0.25) is 9.88 Å². The predicted octanol–water partition coefficient (Wildman–Crippen LogP) is 3.89. The summed E-state index contributed by atoms with van der Waals surface area (Å²) < 4.78 is 18.6. The largest absolute Gasteiger partial charge is 0.447 e. The van der Waals surface area contributed by atoms with Crippen molar-refractivity contribution in [2.45, 2.75) is 13.0 Å². The molecule has 2 aromatic carbocycles. The Labute approximate surface area is 156 Å². The first kappa shape index (κ1) is 16.1. The van der Waals surface area contributed by atoms with Crippen LogP contribution in [0.1, 0.15) is 11.1 Å². The van der Waals surface area contributed by atoms with Gasteiger partial charge in [-0.2, -0.15) is 0 Å². The fraction of sp³-hybridized carbons (Fsp3) is 0.238. The average molecular weight is 363 g/mol. The number of halogens is 1. The Kier molecular flexibility index (Phi) is 3.70. The van der Waals surface area contributed by atoms with E-state index in [0.717, 1.165) is 36.3 Å². The maximum absolute atomic E-state index is 13.5. The van der Waals surface area contributed by atoms with Crippen LogP contribution in [-0.2, 0) is 17.7 Å². The van der Waals surface area contributed by atoms with E-state index in [9.17, 15) is 9.18 Å². The summed E-state index contributed by atoms with van der Waals surface area (Å²) in [6.45, 7) is 2.60. The summed E-state index contributed by atoms with van der Waals surface area (Å²) in [7, 11) is 0. The zero-order valence-electron chi connectivity index (χ0n) is 14.7. The van der Waals surface area contributed by atoms with Crippen LogP contribution in [0.2, 0.25) is 0 Å². The molecule has 5 rings (SSSR count). The smallest absolute Gasteiger partial charge is 0.414 e. The van der Waals surface area contributed by atoms with E-state index in [1.807, 2.05) is 18.2 Å². The van der Waals surface area contributed by atoms with Gasteiger partial charge in [-0.05, 0) is 41.8 Å². The molecule has 0 unspecified atom stereocenters. The fourth-order valence-corrected chi connectivity index (χ4v) is 4.04. The number of anilines is 2. The second-order valence-electron chi connectivity index (χ2n) is 6.84. The van der Waals surface area contributed by atoms with Crippen molar-refractivity contribution < 1.29 is 13.9 Å². The van der Waals surface area contributed by atoms with Crippen molar-refractivity contribution in [3.05, 3.63) is 65.6 Å². The Morgan fingerprint density at radius 1 is 1.07 bits per heavy atom. The number of cyclic esters (lactones) is 1. The third kappa shape index (κ3) is 2.68. The molecule has 3 heterocycles. The molecule has 1 amide bonds. The Balaban J connectivity index is 1.51. The molecule has 5 nitrogen and oxygen atoms in total. The van der Waals surface area contributed by atoms with Gasteiger partial charge in [0.25, 0.3) is 0 Å².